The van der Waals surface area contributed by atoms with Crippen LogP contribution in [0.15, 0.2) is 24.3 Å². The Balaban J connectivity index is 2.02. The Morgan fingerprint density at radius 1 is 1.17 bits per heavy atom. The van der Waals surface area contributed by atoms with E-state index < -0.39 is 0 Å². The first-order valence-corrected chi connectivity index (χ1v) is 4.82. The number of hydrogen-bond acceptors (Lipinski definition) is 1. The van der Waals surface area contributed by atoms with Crippen molar-refractivity contribution in [2.45, 2.75) is 31.7 Å². The summed E-state index contributed by atoms with van der Waals surface area (Å²) < 4.78 is 0. The molecule has 0 aromatic heterocycles. The maximum atomic E-state index is 4.06. The lowest BCUT2D eigenvalue weighted by Gasteiger charge is -2.38. The van der Waals surface area contributed by atoms with Crippen LogP contribution in [0.4, 0.5) is 0 Å². The topological polar surface area (TPSA) is 12.0 Å². The summed E-state index contributed by atoms with van der Waals surface area (Å²) in [6.45, 7) is 9.12. The molecule has 0 radical (unpaired) electrons. The van der Waals surface area contributed by atoms with Crippen LogP contribution < -0.4 is 5.32 Å². The molecular formula is C11H17N. The number of piperidine rings is 1. The van der Waals surface area contributed by atoms with E-state index >= 15 is 0 Å². The second-order valence-electron chi connectivity index (χ2n) is 4.19. The van der Waals surface area contributed by atoms with Gasteiger partial charge in [-0.2, -0.15) is 0 Å². The molecule has 1 N–H and O–H groups in total. The Bertz CT molecular complexity index is 193. The molecule has 1 heterocycles. The van der Waals surface area contributed by atoms with Gasteiger partial charge in [0.15, 0.2) is 0 Å². The van der Waals surface area contributed by atoms with Gasteiger partial charge in [0.1, 0.15) is 0 Å². The maximum absolute atomic E-state index is 4.06. The van der Waals surface area contributed by atoms with Crippen LogP contribution in [0, 0.1) is 5.92 Å². The summed E-state index contributed by atoms with van der Waals surface area (Å²) in [5.41, 5.74) is 2.81. The summed E-state index contributed by atoms with van der Waals surface area (Å²) >= 11 is 0. The van der Waals surface area contributed by atoms with Crippen LogP contribution in [0.5, 0.6) is 0 Å². The Morgan fingerprint density at radius 2 is 2.00 bits per heavy atom. The van der Waals surface area contributed by atoms with Crippen molar-refractivity contribution < 1.29 is 0 Å². The third-order valence-corrected chi connectivity index (χ3v) is 3.11. The zero-order chi connectivity index (χ0) is 8.55. The predicted molar refractivity (Wildman–Crippen MR) is 52.0 cm³/mol. The van der Waals surface area contributed by atoms with E-state index in [0.717, 1.165) is 12.5 Å². The molecule has 1 nitrogen and oxygen atoms in total. The summed E-state index contributed by atoms with van der Waals surface area (Å²) in [6.07, 6.45) is 4.98. The van der Waals surface area contributed by atoms with Crippen LogP contribution in [-0.4, -0.2) is 12.6 Å². The molecule has 2 fully saturated rings. The van der Waals surface area contributed by atoms with Gasteiger partial charge in [-0.05, 0) is 31.6 Å². The Labute approximate surface area is 74.5 Å². The van der Waals surface area contributed by atoms with Crippen LogP contribution >= 0.6 is 0 Å². The fourth-order valence-electron chi connectivity index (χ4n) is 2.37. The van der Waals surface area contributed by atoms with Gasteiger partial charge in [-0.1, -0.05) is 24.3 Å². The van der Waals surface area contributed by atoms with Crippen molar-refractivity contribution in [2.75, 3.05) is 6.54 Å². The standard InChI is InChI=1S/C11H17N/c1-8-3-4-10-5-9(2)7-12-11(10)6-8/h10-12H,1-7H2. The van der Waals surface area contributed by atoms with E-state index in [-0.39, 0.29) is 0 Å². The molecule has 0 amide bonds. The first-order chi connectivity index (χ1) is 5.75. The number of rotatable bonds is 0. The Morgan fingerprint density at radius 3 is 2.83 bits per heavy atom. The molecule has 0 spiro atoms. The third kappa shape index (κ3) is 1.46. The molecular weight excluding hydrogens is 146 g/mol. The first kappa shape index (κ1) is 8.06. The highest BCUT2D eigenvalue weighted by molar-refractivity contribution is 5.12. The van der Waals surface area contributed by atoms with E-state index in [2.05, 4.69) is 18.5 Å². The monoisotopic (exact) mass is 163 g/mol. The van der Waals surface area contributed by atoms with Gasteiger partial charge >= 0.3 is 0 Å². The molecule has 0 aromatic carbocycles. The third-order valence-electron chi connectivity index (χ3n) is 3.11. The van der Waals surface area contributed by atoms with E-state index in [1.807, 2.05) is 0 Å². The average Bonchev–Trinajstić information content (AvgIpc) is 2.05. The molecule has 1 heteroatoms. The SMILES string of the molecule is C=C1CNC2CC(=C)CCC2C1. The van der Waals surface area contributed by atoms with E-state index in [4.69, 9.17) is 0 Å². The lowest BCUT2D eigenvalue weighted by atomic mass is 9.77. The van der Waals surface area contributed by atoms with Gasteiger partial charge in [-0.15, -0.1) is 0 Å². The minimum atomic E-state index is 0.705. The molecule has 2 atom stereocenters. The molecule has 1 aliphatic carbocycles. The van der Waals surface area contributed by atoms with Crippen molar-refractivity contribution in [1.29, 1.82) is 0 Å². The fourth-order valence-corrected chi connectivity index (χ4v) is 2.37. The summed E-state index contributed by atoms with van der Waals surface area (Å²) in [7, 11) is 0. The normalized spacial score (nSPS) is 36.3. The predicted octanol–water partition coefficient (Wildman–Crippen LogP) is 2.26. The van der Waals surface area contributed by atoms with Gasteiger partial charge in [-0.25, -0.2) is 0 Å². The molecule has 2 rings (SSSR count). The van der Waals surface area contributed by atoms with E-state index in [9.17, 15) is 0 Å². The lowest BCUT2D eigenvalue weighted by molar-refractivity contribution is 0.276. The molecule has 0 bridgehead atoms. The molecule has 1 aliphatic heterocycles. The first-order valence-electron chi connectivity index (χ1n) is 4.82. The molecule has 2 unspecified atom stereocenters. The van der Waals surface area contributed by atoms with Crippen molar-refractivity contribution in [1.82, 2.24) is 5.32 Å². The minimum absolute atomic E-state index is 0.705. The quantitative estimate of drug-likeness (QED) is 0.540. The molecule has 1 saturated heterocycles. The summed E-state index contributed by atoms with van der Waals surface area (Å²) in [6, 6.07) is 0.705. The second-order valence-corrected chi connectivity index (χ2v) is 4.19. The van der Waals surface area contributed by atoms with Crippen molar-refractivity contribution in [3.63, 3.8) is 0 Å². The van der Waals surface area contributed by atoms with E-state index in [0.29, 0.717) is 6.04 Å². The number of nitrogens with one attached hydrogen (secondary N) is 1. The largest absolute Gasteiger partial charge is 0.310 e. The van der Waals surface area contributed by atoms with Crippen LogP contribution in [0.2, 0.25) is 0 Å². The van der Waals surface area contributed by atoms with Crippen molar-refractivity contribution in [3.05, 3.63) is 24.3 Å². The second kappa shape index (κ2) is 3.06. The minimum Gasteiger partial charge on any atom is -0.310 e. The summed E-state index contributed by atoms with van der Waals surface area (Å²) in [4.78, 5) is 0. The highest BCUT2D eigenvalue weighted by Gasteiger charge is 2.29. The van der Waals surface area contributed by atoms with Crippen molar-refractivity contribution in [2.24, 2.45) is 5.92 Å². The Hall–Kier alpha value is -0.560. The maximum Gasteiger partial charge on any atom is 0.0164 e. The highest BCUT2D eigenvalue weighted by Crippen LogP contribution is 2.33. The average molecular weight is 163 g/mol. The van der Waals surface area contributed by atoms with Gasteiger partial charge in [0, 0.05) is 12.6 Å². The number of fused-ring (bicyclic) bond motifs is 1. The van der Waals surface area contributed by atoms with Gasteiger partial charge in [-0.3, -0.25) is 0 Å². The Kier molecular flexibility index (Phi) is 2.05. The smallest absolute Gasteiger partial charge is 0.0164 e. The van der Waals surface area contributed by atoms with E-state index in [1.54, 1.807) is 0 Å². The molecule has 2 aliphatic rings. The lowest BCUT2D eigenvalue weighted by Crippen LogP contribution is -2.44. The van der Waals surface area contributed by atoms with Gasteiger partial charge in [0.05, 0.1) is 0 Å². The van der Waals surface area contributed by atoms with Crippen LogP contribution in [0.25, 0.3) is 0 Å². The summed E-state index contributed by atoms with van der Waals surface area (Å²) in [5.74, 6) is 0.844. The highest BCUT2D eigenvalue weighted by atomic mass is 14.9. The van der Waals surface area contributed by atoms with Crippen molar-refractivity contribution in [3.8, 4) is 0 Å². The number of hydrogen-bond donors (Lipinski definition) is 1. The zero-order valence-corrected chi connectivity index (χ0v) is 7.60. The van der Waals surface area contributed by atoms with Gasteiger partial charge < -0.3 is 5.32 Å². The zero-order valence-electron chi connectivity index (χ0n) is 7.60. The molecule has 12 heavy (non-hydrogen) atoms. The summed E-state index contributed by atoms with van der Waals surface area (Å²) in [5, 5.41) is 3.54. The van der Waals surface area contributed by atoms with E-state index in [1.165, 1.54) is 36.8 Å². The van der Waals surface area contributed by atoms with Crippen LogP contribution in [-0.2, 0) is 0 Å². The van der Waals surface area contributed by atoms with Gasteiger partial charge in [0.25, 0.3) is 0 Å². The van der Waals surface area contributed by atoms with Crippen LogP contribution in [0.1, 0.15) is 25.7 Å². The molecule has 0 aromatic rings. The molecule has 66 valence electrons. The molecule has 1 saturated carbocycles. The van der Waals surface area contributed by atoms with Crippen molar-refractivity contribution >= 4 is 0 Å². The van der Waals surface area contributed by atoms with Crippen LogP contribution in [0.3, 0.4) is 0 Å². The fraction of sp³-hybridized carbons (Fsp3) is 0.636. The van der Waals surface area contributed by atoms with Gasteiger partial charge in [0.2, 0.25) is 0 Å².